The highest BCUT2D eigenvalue weighted by Gasteiger charge is 2.19. The number of pyridine rings is 2. The molecule has 3 heterocycles. The third-order valence-electron chi connectivity index (χ3n) is 4.57. The predicted octanol–water partition coefficient (Wildman–Crippen LogP) is 4.10. The van der Waals surface area contributed by atoms with E-state index in [2.05, 4.69) is 96.3 Å². The van der Waals surface area contributed by atoms with Crippen molar-refractivity contribution in [3.05, 3.63) is 101 Å². The zero-order valence-corrected chi connectivity index (χ0v) is 16.5. The Hall–Kier alpha value is -2.85. The van der Waals surface area contributed by atoms with Gasteiger partial charge in [-0.05, 0) is 25.0 Å². The maximum Gasteiger partial charge on any atom is 0.191 e. The molecule has 27 heavy (non-hydrogen) atoms. The van der Waals surface area contributed by atoms with Gasteiger partial charge < -0.3 is 0 Å². The molecule has 3 nitrogen and oxygen atoms in total. The lowest BCUT2D eigenvalue weighted by molar-refractivity contribution is -0.693. The molecule has 0 fully saturated rings. The summed E-state index contributed by atoms with van der Waals surface area (Å²) in [5, 5.41) is 1.08. The molecule has 0 spiro atoms. The smallest absolute Gasteiger partial charge is 0.191 e. The quantitative estimate of drug-likeness (QED) is 0.483. The molecule has 4 aromatic rings. The van der Waals surface area contributed by atoms with E-state index in [1.807, 2.05) is 6.07 Å². The number of nitrogens with zero attached hydrogens (tertiary/aromatic N) is 3. The van der Waals surface area contributed by atoms with Gasteiger partial charge in [-0.15, -0.1) is 11.3 Å². The molecule has 0 amide bonds. The first kappa shape index (κ1) is 17.6. The molecule has 0 aliphatic heterocycles. The van der Waals surface area contributed by atoms with Crippen LogP contribution in [0.1, 0.15) is 21.7 Å². The molecule has 4 rings (SSSR count). The number of aromatic nitrogens is 3. The summed E-state index contributed by atoms with van der Waals surface area (Å²) >= 11 is 1.79. The van der Waals surface area contributed by atoms with Crippen LogP contribution in [0, 0.1) is 13.8 Å². The summed E-state index contributed by atoms with van der Waals surface area (Å²) in [6.45, 7) is 5.85. The summed E-state index contributed by atoms with van der Waals surface area (Å²) in [6, 6.07) is 19.0. The Morgan fingerprint density at radius 1 is 0.741 bits per heavy atom. The normalized spacial score (nSPS) is 10.9. The van der Waals surface area contributed by atoms with E-state index >= 15 is 0 Å². The van der Waals surface area contributed by atoms with Gasteiger partial charge in [0.25, 0.3) is 0 Å². The van der Waals surface area contributed by atoms with E-state index in [9.17, 15) is 0 Å². The summed E-state index contributed by atoms with van der Waals surface area (Å²) < 4.78 is 4.42. The van der Waals surface area contributed by atoms with Crippen LogP contribution in [0.15, 0.2) is 79.4 Å². The fraction of sp³-hybridized carbons (Fsp3) is 0.174. The van der Waals surface area contributed by atoms with E-state index < -0.39 is 0 Å². The van der Waals surface area contributed by atoms with Crippen molar-refractivity contribution >= 4 is 11.3 Å². The van der Waals surface area contributed by atoms with Crippen molar-refractivity contribution in [2.75, 3.05) is 0 Å². The highest BCUT2D eigenvalue weighted by molar-refractivity contribution is 7.15. The summed E-state index contributed by atoms with van der Waals surface area (Å²) in [5.74, 6) is 0. The van der Waals surface area contributed by atoms with Gasteiger partial charge in [-0.1, -0.05) is 30.3 Å². The third-order valence-corrected chi connectivity index (χ3v) is 5.70. The van der Waals surface area contributed by atoms with Gasteiger partial charge in [0.2, 0.25) is 0 Å². The molecule has 0 bridgehead atoms. The lowest BCUT2D eigenvalue weighted by Gasteiger charge is -1.99. The summed E-state index contributed by atoms with van der Waals surface area (Å²) in [7, 11) is 0. The second-order valence-electron chi connectivity index (χ2n) is 6.85. The van der Waals surface area contributed by atoms with E-state index in [1.54, 1.807) is 11.3 Å². The van der Waals surface area contributed by atoms with Crippen LogP contribution in [-0.4, -0.2) is 4.98 Å². The van der Waals surface area contributed by atoms with Gasteiger partial charge in [-0.3, -0.25) is 0 Å². The van der Waals surface area contributed by atoms with E-state index in [0.29, 0.717) is 0 Å². The molecule has 1 aromatic carbocycles. The predicted molar refractivity (Wildman–Crippen MR) is 109 cm³/mol. The number of rotatable bonds is 5. The maximum absolute atomic E-state index is 5.00. The van der Waals surface area contributed by atoms with Crippen LogP contribution in [0.5, 0.6) is 0 Å². The second kappa shape index (κ2) is 7.80. The van der Waals surface area contributed by atoms with Crippen molar-refractivity contribution in [2.45, 2.75) is 26.9 Å². The van der Waals surface area contributed by atoms with Gasteiger partial charge in [-0.2, -0.15) is 9.13 Å². The van der Waals surface area contributed by atoms with Crippen LogP contribution in [-0.2, 0) is 13.1 Å². The average Bonchev–Trinajstić information content (AvgIpc) is 3.08. The van der Waals surface area contributed by atoms with Crippen LogP contribution in [0.4, 0.5) is 0 Å². The van der Waals surface area contributed by atoms with Crippen molar-refractivity contribution in [3.8, 4) is 10.6 Å². The van der Waals surface area contributed by atoms with Crippen molar-refractivity contribution < 1.29 is 9.13 Å². The minimum Gasteiger partial charge on any atom is -0.234 e. The Balaban J connectivity index is 1.69. The van der Waals surface area contributed by atoms with E-state index in [0.717, 1.165) is 23.8 Å². The van der Waals surface area contributed by atoms with E-state index in [4.69, 9.17) is 4.98 Å². The van der Waals surface area contributed by atoms with Crippen molar-refractivity contribution in [1.82, 2.24) is 4.98 Å². The average molecular weight is 374 g/mol. The van der Waals surface area contributed by atoms with E-state index in [1.165, 1.54) is 21.6 Å². The van der Waals surface area contributed by atoms with Gasteiger partial charge in [-0.25, -0.2) is 4.98 Å². The first-order valence-electron chi connectivity index (χ1n) is 9.13. The summed E-state index contributed by atoms with van der Waals surface area (Å²) in [4.78, 5) is 6.30. The number of hydrogen-bond acceptors (Lipinski definition) is 2. The number of thiazole rings is 1. The first-order chi connectivity index (χ1) is 13.2. The molecule has 0 saturated heterocycles. The van der Waals surface area contributed by atoms with E-state index in [-0.39, 0.29) is 0 Å². The molecule has 134 valence electrons. The Bertz CT molecular complexity index is 955. The Kier molecular flexibility index (Phi) is 5.07. The van der Waals surface area contributed by atoms with Crippen LogP contribution in [0.2, 0.25) is 0 Å². The molecule has 3 aromatic heterocycles. The monoisotopic (exact) mass is 373 g/mol. The fourth-order valence-corrected chi connectivity index (χ4v) is 4.03. The van der Waals surface area contributed by atoms with Crippen LogP contribution < -0.4 is 9.13 Å². The Morgan fingerprint density at radius 2 is 1.30 bits per heavy atom. The molecule has 0 saturated carbocycles. The van der Waals surface area contributed by atoms with Gasteiger partial charge in [0.05, 0.1) is 4.88 Å². The lowest BCUT2D eigenvalue weighted by atomic mass is 10.2. The maximum atomic E-state index is 5.00. The van der Waals surface area contributed by atoms with Crippen molar-refractivity contribution in [3.63, 3.8) is 0 Å². The lowest BCUT2D eigenvalue weighted by Crippen LogP contribution is -2.36. The molecule has 0 radical (unpaired) electrons. The molecular formula is C23H23N3S+2. The van der Waals surface area contributed by atoms with Gasteiger partial charge in [0.15, 0.2) is 37.9 Å². The van der Waals surface area contributed by atoms with Gasteiger partial charge in [0.1, 0.15) is 10.7 Å². The molecular weight excluding hydrogens is 350 g/mol. The zero-order chi connectivity index (χ0) is 18.6. The Morgan fingerprint density at radius 3 is 1.89 bits per heavy atom. The van der Waals surface area contributed by atoms with Crippen LogP contribution >= 0.6 is 11.3 Å². The Labute approximate surface area is 164 Å². The molecule has 0 atom stereocenters. The second-order valence-corrected chi connectivity index (χ2v) is 7.93. The fourth-order valence-electron chi connectivity index (χ4n) is 2.95. The van der Waals surface area contributed by atoms with Crippen molar-refractivity contribution in [2.24, 2.45) is 0 Å². The topological polar surface area (TPSA) is 20.6 Å². The standard InChI is InChI=1S/C23H23N3S/c1-18-8-12-25(13-9-18)16-21-22(17-26-14-10-19(2)11-15-26)27-23(24-21)20-6-4-3-5-7-20/h3-15H,16-17H2,1-2H3/q+2. The summed E-state index contributed by atoms with van der Waals surface area (Å²) in [5.41, 5.74) is 4.86. The number of benzene rings is 1. The van der Waals surface area contributed by atoms with Gasteiger partial charge >= 0.3 is 0 Å². The van der Waals surface area contributed by atoms with Crippen LogP contribution in [0.3, 0.4) is 0 Å². The minimum absolute atomic E-state index is 0.783. The minimum atomic E-state index is 0.783. The van der Waals surface area contributed by atoms with Crippen molar-refractivity contribution in [1.29, 1.82) is 0 Å². The first-order valence-corrected chi connectivity index (χ1v) is 9.94. The molecule has 0 aliphatic rings. The number of aryl methyl sites for hydroxylation is 2. The van der Waals surface area contributed by atoms with Crippen LogP contribution in [0.25, 0.3) is 10.6 Å². The third kappa shape index (κ3) is 4.29. The highest BCUT2D eigenvalue weighted by Crippen LogP contribution is 2.28. The van der Waals surface area contributed by atoms with Gasteiger partial charge in [0, 0.05) is 29.8 Å². The molecule has 0 unspecified atom stereocenters. The molecule has 0 aliphatic carbocycles. The zero-order valence-electron chi connectivity index (χ0n) is 15.7. The molecule has 0 N–H and O–H groups in total. The molecule has 4 heteroatoms. The number of hydrogen-bond donors (Lipinski definition) is 0. The largest absolute Gasteiger partial charge is 0.234 e. The summed E-state index contributed by atoms with van der Waals surface area (Å²) in [6.07, 6.45) is 8.53. The SMILES string of the molecule is Cc1cc[n+](Cc2nc(-c3ccccc3)sc2C[n+]2ccc(C)cc2)cc1. The highest BCUT2D eigenvalue weighted by atomic mass is 32.1.